The van der Waals surface area contributed by atoms with E-state index in [-0.39, 0.29) is 12.1 Å². The van der Waals surface area contributed by atoms with Gasteiger partial charge in [0, 0.05) is 44.9 Å². The van der Waals surface area contributed by atoms with Crippen molar-refractivity contribution in [3.8, 4) is 33.4 Å². The topological polar surface area (TPSA) is 6.48 Å². The van der Waals surface area contributed by atoms with E-state index < -0.39 is 0 Å². The summed E-state index contributed by atoms with van der Waals surface area (Å²) in [6, 6.07) is 91.4. The molecule has 0 fully saturated rings. The van der Waals surface area contributed by atoms with Gasteiger partial charge in [0.15, 0.2) is 0 Å². The molecule has 2 heterocycles. The molecule has 0 saturated heterocycles. The van der Waals surface area contributed by atoms with Gasteiger partial charge in [-0.05, 0) is 152 Å². The van der Waals surface area contributed by atoms with Gasteiger partial charge in [0.2, 0.25) is 0 Å². The summed E-state index contributed by atoms with van der Waals surface area (Å²) in [5.41, 5.74) is 19.6. The summed E-state index contributed by atoms with van der Waals surface area (Å²) in [5.74, 6) is 0. The van der Waals surface area contributed by atoms with Gasteiger partial charge in [0.1, 0.15) is 0 Å². The summed E-state index contributed by atoms with van der Waals surface area (Å²) >= 11 is 0. The highest BCUT2D eigenvalue weighted by molar-refractivity contribution is 7.00. The second kappa shape index (κ2) is 15.8. The van der Waals surface area contributed by atoms with E-state index in [2.05, 4.69) is 273 Å². The van der Waals surface area contributed by atoms with E-state index in [9.17, 15) is 0 Å². The monoisotopic (exact) mass is 928 g/mol. The minimum absolute atomic E-state index is 0.0191. The van der Waals surface area contributed by atoms with Crippen LogP contribution in [0, 0.1) is 0 Å². The van der Waals surface area contributed by atoms with Crippen LogP contribution in [0.4, 0.5) is 34.1 Å². The van der Waals surface area contributed by atoms with Gasteiger partial charge in [-0.2, -0.15) is 0 Å². The van der Waals surface area contributed by atoms with Crippen LogP contribution in [0.25, 0.3) is 87.2 Å². The molecule has 3 heteroatoms. The fourth-order valence-corrected chi connectivity index (χ4v) is 12.7. The standard InChI is InChI=1S/C70H49BN2/c1-70(2,3)60-37-29-50-22-23-51-40-53(41-52-28-36-59(60)66(50)65(51)52)54-42-63-67-64(43-54)73(56-34-26-47(27-35-56)45-16-8-5-9-17-45)69-58-21-13-11-19-49(58)31-39-62(69)71(67)61-38-30-48-18-10-12-20-57(48)68(61)72(63)55-32-24-46(25-33-55)44-14-6-4-7-15-44/h4-43H,1-3H3. The van der Waals surface area contributed by atoms with Crippen molar-refractivity contribution in [3.05, 3.63) is 248 Å². The zero-order valence-electron chi connectivity index (χ0n) is 41.1. The van der Waals surface area contributed by atoms with Crippen molar-refractivity contribution in [2.45, 2.75) is 26.2 Å². The molecule has 0 unspecified atom stereocenters. The smallest absolute Gasteiger partial charge is 0.252 e. The third kappa shape index (κ3) is 6.38. The maximum absolute atomic E-state index is 2.59. The Morgan fingerprint density at radius 2 is 0.740 bits per heavy atom. The first kappa shape index (κ1) is 41.8. The van der Waals surface area contributed by atoms with Gasteiger partial charge in [-0.15, -0.1) is 0 Å². The Hall–Kier alpha value is -8.92. The lowest BCUT2D eigenvalue weighted by molar-refractivity contribution is 0.596. The summed E-state index contributed by atoms with van der Waals surface area (Å²) < 4.78 is 0. The van der Waals surface area contributed by atoms with Crippen molar-refractivity contribution in [1.82, 2.24) is 0 Å². The highest BCUT2D eigenvalue weighted by Crippen LogP contribution is 2.50. The minimum atomic E-state index is -0.0413. The van der Waals surface area contributed by atoms with Crippen LogP contribution in [-0.2, 0) is 5.41 Å². The third-order valence-electron chi connectivity index (χ3n) is 16.0. The molecule has 0 N–H and O–H groups in total. The van der Waals surface area contributed by atoms with Crippen LogP contribution in [0.2, 0.25) is 0 Å². The lowest BCUT2D eigenvalue weighted by Gasteiger charge is -2.45. The molecule has 0 bridgehead atoms. The molecule has 0 amide bonds. The predicted octanol–water partition coefficient (Wildman–Crippen LogP) is 17.3. The lowest BCUT2D eigenvalue weighted by Crippen LogP contribution is -2.61. The molecule has 0 atom stereocenters. The predicted molar refractivity (Wildman–Crippen MR) is 314 cm³/mol. The number of rotatable bonds is 5. The molecule has 0 saturated carbocycles. The zero-order valence-corrected chi connectivity index (χ0v) is 41.1. The molecule has 0 aliphatic carbocycles. The van der Waals surface area contributed by atoms with Crippen LogP contribution in [0.3, 0.4) is 0 Å². The van der Waals surface area contributed by atoms with Crippen LogP contribution < -0.4 is 26.2 Å². The van der Waals surface area contributed by atoms with E-state index in [0.29, 0.717) is 0 Å². The Bertz CT molecular complexity index is 4130. The van der Waals surface area contributed by atoms with E-state index >= 15 is 0 Å². The van der Waals surface area contributed by atoms with Crippen LogP contribution in [0.15, 0.2) is 243 Å². The summed E-state index contributed by atoms with van der Waals surface area (Å²) in [6.45, 7) is 6.94. The highest BCUT2D eigenvalue weighted by Gasteiger charge is 2.45. The molecule has 2 nitrogen and oxygen atoms in total. The third-order valence-corrected chi connectivity index (χ3v) is 16.0. The molecule has 13 aromatic carbocycles. The maximum atomic E-state index is 2.59. The Balaban J connectivity index is 1.05. The Kier molecular flexibility index (Phi) is 9.05. The average Bonchev–Trinajstić information content (AvgIpc) is 3.48. The van der Waals surface area contributed by atoms with E-state index in [4.69, 9.17) is 0 Å². The largest absolute Gasteiger partial charge is 0.311 e. The highest BCUT2D eigenvalue weighted by atomic mass is 15.2. The molecule has 0 radical (unpaired) electrons. The average molecular weight is 929 g/mol. The first-order chi connectivity index (χ1) is 35.8. The molecule has 13 aromatic rings. The first-order valence-corrected chi connectivity index (χ1v) is 25.7. The molecular weight excluding hydrogens is 880 g/mol. The number of hydrogen-bond donors (Lipinski definition) is 0. The normalized spacial score (nSPS) is 13.1. The van der Waals surface area contributed by atoms with Crippen LogP contribution in [0.5, 0.6) is 0 Å². The lowest BCUT2D eigenvalue weighted by atomic mass is 9.33. The van der Waals surface area contributed by atoms with Gasteiger partial charge in [-0.25, -0.2) is 0 Å². The van der Waals surface area contributed by atoms with E-state index in [1.54, 1.807) is 0 Å². The van der Waals surface area contributed by atoms with Crippen molar-refractivity contribution < 1.29 is 0 Å². The molecule has 73 heavy (non-hydrogen) atoms. The van der Waals surface area contributed by atoms with Gasteiger partial charge in [0.25, 0.3) is 6.71 Å². The number of anilines is 6. The van der Waals surface area contributed by atoms with Crippen molar-refractivity contribution in [1.29, 1.82) is 0 Å². The fourth-order valence-electron chi connectivity index (χ4n) is 12.7. The van der Waals surface area contributed by atoms with Crippen molar-refractivity contribution in [3.63, 3.8) is 0 Å². The van der Waals surface area contributed by atoms with Gasteiger partial charge >= 0.3 is 0 Å². The van der Waals surface area contributed by atoms with Gasteiger partial charge in [-0.3, -0.25) is 0 Å². The number of benzene rings is 13. The molecule has 342 valence electrons. The quantitative estimate of drug-likeness (QED) is 0.125. The molecule has 0 spiro atoms. The molecule has 15 rings (SSSR count). The van der Waals surface area contributed by atoms with Crippen molar-refractivity contribution >= 4 is 111 Å². The molecule has 0 aromatic heterocycles. The SMILES string of the molecule is CC(C)(C)c1ccc2ccc3cc(-c4cc5c6c(c4)N(c4ccc(-c7ccccc7)cc4)c4c(ccc7ccccc47)B6c4ccc6ccccc6c4N5c4ccc(-c5ccccc5)cc4)cc4ccc1c2c34. The first-order valence-electron chi connectivity index (χ1n) is 25.7. The molecule has 2 aliphatic rings. The second-order valence-electron chi connectivity index (χ2n) is 21.2. The number of fused-ring (bicyclic) bond motifs is 8. The Morgan fingerprint density at radius 3 is 1.26 bits per heavy atom. The zero-order chi connectivity index (χ0) is 48.5. The van der Waals surface area contributed by atoms with Crippen molar-refractivity contribution in [2.75, 3.05) is 9.80 Å². The number of hydrogen-bond acceptors (Lipinski definition) is 2. The Labute approximate surface area is 426 Å². The molecular formula is C70H49BN2. The van der Waals surface area contributed by atoms with E-state index in [1.165, 1.54) is 132 Å². The van der Waals surface area contributed by atoms with E-state index in [1.807, 2.05) is 0 Å². The van der Waals surface area contributed by atoms with Gasteiger partial charge < -0.3 is 9.80 Å². The minimum Gasteiger partial charge on any atom is -0.311 e. The van der Waals surface area contributed by atoms with Crippen LogP contribution in [0.1, 0.15) is 26.3 Å². The van der Waals surface area contributed by atoms with Crippen LogP contribution in [-0.4, -0.2) is 6.71 Å². The van der Waals surface area contributed by atoms with Crippen LogP contribution >= 0.6 is 0 Å². The van der Waals surface area contributed by atoms with E-state index in [0.717, 1.165) is 11.4 Å². The summed E-state index contributed by atoms with van der Waals surface area (Å²) in [5, 5.41) is 12.8. The Morgan fingerprint density at radius 1 is 0.315 bits per heavy atom. The second-order valence-corrected chi connectivity index (χ2v) is 21.2. The fraction of sp³-hybridized carbons (Fsp3) is 0.0571. The summed E-state index contributed by atoms with van der Waals surface area (Å²) in [6.07, 6.45) is 0. The van der Waals surface area contributed by atoms with Gasteiger partial charge in [0.05, 0.1) is 0 Å². The summed E-state index contributed by atoms with van der Waals surface area (Å²) in [7, 11) is 0. The molecule has 2 aliphatic heterocycles. The maximum Gasteiger partial charge on any atom is 0.252 e. The van der Waals surface area contributed by atoms with Crippen molar-refractivity contribution in [2.24, 2.45) is 0 Å². The summed E-state index contributed by atoms with van der Waals surface area (Å²) in [4.78, 5) is 5.18. The van der Waals surface area contributed by atoms with Gasteiger partial charge in [-0.1, -0.05) is 215 Å². The number of nitrogens with zero attached hydrogens (tertiary/aromatic N) is 2.